The van der Waals surface area contributed by atoms with Gasteiger partial charge in [0.05, 0.1) is 7.11 Å². The molecule has 6 nitrogen and oxygen atoms in total. The Labute approximate surface area is 101 Å². The lowest BCUT2D eigenvalue weighted by molar-refractivity contribution is 0.370. The Kier molecular flexibility index (Phi) is 3.95. The molecule has 0 aromatic carbocycles. The third-order valence-corrected chi connectivity index (χ3v) is 3.09. The molecule has 17 heavy (non-hydrogen) atoms. The van der Waals surface area contributed by atoms with Gasteiger partial charge in [0.1, 0.15) is 0 Å². The summed E-state index contributed by atoms with van der Waals surface area (Å²) < 4.78 is 4.95. The van der Waals surface area contributed by atoms with Crippen LogP contribution in [0.3, 0.4) is 0 Å². The van der Waals surface area contributed by atoms with E-state index in [-0.39, 0.29) is 12.0 Å². The van der Waals surface area contributed by atoms with Gasteiger partial charge in [0.25, 0.3) is 0 Å². The van der Waals surface area contributed by atoms with Gasteiger partial charge >= 0.3 is 6.01 Å². The van der Waals surface area contributed by atoms with Gasteiger partial charge in [-0.3, -0.25) is 0 Å². The Bertz CT molecular complexity index is 365. The summed E-state index contributed by atoms with van der Waals surface area (Å²) in [4.78, 5) is 12.0. The van der Waals surface area contributed by atoms with Gasteiger partial charge in [-0.05, 0) is 18.8 Å². The third kappa shape index (κ3) is 3.44. The number of nitrogen functional groups attached to an aromatic ring is 1. The van der Waals surface area contributed by atoms with Crippen LogP contribution in [-0.2, 0) is 0 Å². The lowest BCUT2D eigenvalue weighted by Gasteiger charge is -2.21. The van der Waals surface area contributed by atoms with Gasteiger partial charge in [0.2, 0.25) is 11.9 Å². The maximum atomic E-state index is 5.56. The molecule has 94 valence electrons. The fraction of sp³-hybridized carbons (Fsp3) is 0.727. The van der Waals surface area contributed by atoms with Crippen LogP contribution in [0.25, 0.3) is 0 Å². The van der Waals surface area contributed by atoms with Gasteiger partial charge in [0.15, 0.2) is 0 Å². The summed E-state index contributed by atoms with van der Waals surface area (Å²) in [6.07, 6.45) is 6.59. The summed E-state index contributed by atoms with van der Waals surface area (Å²) in [5.74, 6) is 1.40. The molecule has 6 heteroatoms. The molecule has 0 radical (unpaired) electrons. The topological polar surface area (TPSA) is 86.0 Å². The monoisotopic (exact) mass is 237 g/mol. The SMILES string of the molecule is COc1nc(N)nc(NCC2CCCCC2)n1. The quantitative estimate of drug-likeness (QED) is 0.824. The van der Waals surface area contributed by atoms with Crippen LogP contribution in [0.1, 0.15) is 32.1 Å². The van der Waals surface area contributed by atoms with Crippen LogP contribution in [0.2, 0.25) is 0 Å². The van der Waals surface area contributed by atoms with Crippen LogP contribution in [-0.4, -0.2) is 28.6 Å². The minimum atomic E-state index is 0.183. The predicted molar refractivity (Wildman–Crippen MR) is 65.9 cm³/mol. The van der Waals surface area contributed by atoms with Crippen molar-refractivity contribution in [3.05, 3.63) is 0 Å². The van der Waals surface area contributed by atoms with E-state index in [1.807, 2.05) is 0 Å². The van der Waals surface area contributed by atoms with E-state index in [1.54, 1.807) is 0 Å². The second-order valence-electron chi connectivity index (χ2n) is 4.39. The molecule has 0 saturated heterocycles. The third-order valence-electron chi connectivity index (χ3n) is 3.09. The zero-order valence-corrected chi connectivity index (χ0v) is 10.1. The van der Waals surface area contributed by atoms with Gasteiger partial charge in [-0.2, -0.15) is 15.0 Å². The van der Waals surface area contributed by atoms with E-state index in [0.717, 1.165) is 6.54 Å². The first-order valence-electron chi connectivity index (χ1n) is 6.07. The van der Waals surface area contributed by atoms with E-state index in [0.29, 0.717) is 11.9 Å². The van der Waals surface area contributed by atoms with Crippen molar-refractivity contribution in [2.75, 3.05) is 24.7 Å². The molecule has 0 bridgehead atoms. The van der Waals surface area contributed by atoms with Crippen molar-refractivity contribution in [3.8, 4) is 6.01 Å². The van der Waals surface area contributed by atoms with E-state index < -0.39 is 0 Å². The van der Waals surface area contributed by atoms with Crippen molar-refractivity contribution in [1.29, 1.82) is 0 Å². The highest BCUT2D eigenvalue weighted by atomic mass is 16.5. The highest BCUT2D eigenvalue weighted by molar-refractivity contribution is 5.32. The predicted octanol–water partition coefficient (Wildman–Crippen LogP) is 1.45. The highest BCUT2D eigenvalue weighted by Crippen LogP contribution is 2.23. The fourth-order valence-corrected chi connectivity index (χ4v) is 2.17. The summed E-state index contributed by atoms with van der Waals surface area (Å²) in [5, 5.41) is 3.21. The van der Waals surface area contributed by atoms with Crippen molar-refractivity contribution in [2.24, 2.45) is 5.92 Å². The summed E-state index contributed by atoms with van der Waals surface area (Å²) in [5.41, 5.74) is 5.56. The molecule has 2 rings (SSSR count). The van der Waals surface area contributed by atoms with Crippen molar-refractivity contribution >= 4 is 11.9 Å². The molecule has 0 spiro atoms. The van der Waals surface area contributed by atoms with Crippen LogP contribution in [0.4, 0.5) is 11.9 Å². The van der Waals surface area contributed by atoms with Crippen LogP contribution < -0.4 is 15.8 Å². The standard InChI is InChI=1S/C11H19N5O/c1-17-11-15-9(12)14-10(16-11)13-7-8-5-3-2-4-6-8/h8H,2-7H2,1H3,(H3,12,13,14,15,16). The number of rotatable bonds is 4. The average molecular weight is 237 g/mol. The number of nitrogens with two attached hydrogens (primary N) is 1. The van der Waals surface area contributed by atoms with E-state index in [2.05, 4.69) is 20.3 Å². The van der Waals surface area contributed by atoms with E-state index >= 15 is 0 Å². The number of hydrogen-bond acceptors (Lipinski definition) is 6. The number of anilines is 2. The maximum absolute atomic E-state index is 5.56. The Hall–Kier alpha value is -1.59. The number of aromatic nitrogens is 3. The zero-order valence-electron chi connectivity index (χ0n) is 10.1. The van der Waals surface area contributed by atoms with Gasteiger partial charge in [-0.25, -0.2) is 0 Å². The number of hydrogen-bond donors (Lipinski definition) is 2. The molecule has 0 unspecified atom stereocenters. The first-order chi connectivity index (χ1) is 8.28. The van der Waals surface area contributed by atoms with Crippen LogP contribution in [0.15, 0.2) is 0 Å². The van der Waals surface area contributed by atoms with Gasteiger partial charge < -0.3 is 15.8 Å². The van der Waals surface area contributed by atoms with Crippen molar-refractivity contribution in [2.45, 2.75) is 32.1 Å². The Morgan fingerprint density at radius 2 is 2.00 bits per heavy atom. The zero-order chi connectivity index (χ0) is 12.1. The minimum absolute atomic E-state index is 0.183. The summed E-state index contributed by atoms with van der Waals surface area (Å²) in [6, 6.07) is 0.253. The molecule has 0 atom stereocenters. The molecule has 1 aliphatic carbocycles. The van der Waals surface area contributed by atoms with Crippen molar-refractivity contribution in [3.63, 3.8) is 0 Å². The van der Waals surface area contributed by atoms with Crippen molar-refractivity contribution < 1.29 is 4.74 Å². The molecule has 0 amide bonds. The molecule has 1 saturated carbocycles. The molecule has 1 aromatic rings. The van der Waals surface area contributed by atoms with Gasteiger partial charge in [0, 0.05) is 6.54 Å². The summed E-state index contributed by atoms with van der Waals surface area (Å²) >= 11 is 0. The van der Waals surface area contributed by atoms with Crippen LogP contribution >= 0.6 is 0 Å². The lowest BCUT2D eigenvalue weighted by atomic mass is 9.89. The molecule has 1 aromatic heterocycles. The fourth-order valence-electron chi connectivity index (χ4n) is 2.17. The average Bonchev–Trinajstić information content (AvgIpc) is 2.37. The first-order valence-corrected chi connectivity index (χ1v) is 6.07. The lowest BCUT2D eigenvalue weighted by Crippen LogP contribution is -2.19. The second-order valence-corrected chi connectivity index (χ2v) is 4.39. The molecular weight excluding hydrogens is 218 g/mol. The highest BCUT2D eigenvalue weighted by Gasteiger charge is 2.13. The summed E-state index contributed by atoms with van der Waals surface area (Å²) in [6.45, 7) is 0.895. The van der Waals surface area contributed by atoms with E-state index in [1.165, 1.54) is 39.2 Å². The van der Waals surface area contributed by atoms with Crippen LogP contribution in [0, 0.1) is 5.92 Å². The number of nitrogens with zero attached hydrogens (tertiary/aromatic N) is 3. The molecule has 1 fully saturated rings. The Morgan fingerprint density at radius 3 is 2.71 bits per heavy atom. The van der Waals surface area contributed by atoms with Crippen molar-refractivity contribution in [1.82, 2.24) is 15.0 Å². The van der Waals surface area contributed by atoms with Gasteiger partial charge in [-0.1, -0.05) is 19.3 Å². The number of methoxy groups -OCH3 is 1. The Balaban J connectivity index is 1.91. The molecule has 0 aliphatic heterocycles. The second kappa shape index (κ2) is 5.65. The van der Waals surface area contributed by atoms with E-state index in [4.69, 9.17) is 10.5 Å². The largest absolute Gasteiger partial charge is 0.467 e. The molecule has 1 heterocycles. The molecule has 3 N–H and O–H groups in total. The Morgan fingerprint density at radius 1 is 1.24 bits per heavy atom. The number of nitrogens with one attached hydrogen (secondary N) is 1. The van der Waals surface area contributed by atoms with Crippen LogP contribution in [0.5, 0.6) is 6.01 Å². The van der Waals surface area contributed by atoms with E-state index in [9.17, 15) is 0 Å². The molecular formula is C11H19N5O. The first kappa shape index (κ1) is 11.9. The van der Waals surface area contributed by atoms with Gasteiger partial charge in [-0.15, -0.1) is 0 Å². The minimum Gasteiger partial charge on any atom is -0.467 e. The normalized spacial score (nSPS) is 16.8. The molecule has 1 aliphatic rings. The smallest absolute Gasteiger partial charge is 0.322 e. The summed E-state index contributed by atoms with van der Waals surface area (Å²) in [7, 11) is 1.51. The maximum Gasteiger partial charge on any atom is 0.322 e. The number of ether oxygens (including phenoxy) is 1.